The summed E-state index contributed by atoms with van der Waals surface area (Å²) in [5.41, 5.74) is 3.65. The van der Waals surface area contributed by atoms with Gasteiger partial charge in [0.2, 0.25) is 0 Å². The number of benzene rings is 2. The maximum Gasteiger partial charge on any atom is 0.165 e. The van der Waals surface area contributed by atoms with Gasteiger partial charge in [-0.1, -0.05) is 29.8 Å². The minimum atomic E-state index is 0.675. The van der Waals surface area contributed by atoms with E-state index in [1.165, 1.54) is 0 Å². The molecule has 0 aliphatic carbocycles. The molecule has 6 heteroatoms. The molecule has 1 N–H and O–H groups in total. The van der Waals surface area contributed by atoms with Crippen LogP contribution in [-0.4, -0.2) is 21.7 Å². The first-order valence-corrected chi connectivity index (χ1v) is 8.12. The van der Waals surface area contributed by atoms with Gasteiger partial charge in [0, 0.05) is 22.5 Å². The Kier molecular flexibility index (Phi) is 3.99. The van der Waals surface area contributed by atoms with E-state index in [1.54, 1.807) is 11.6 Å². The summed E-state index contributed by atoms with van der Waals surface area (Å²) < 4.78 is 6.96. The first kappa shape index (κ1) is 15.5. The van der Waals surface area contributed by atoms with E-state index >= 15 is 0 Å². The third-order valence-corrected chi connectivity index (χ3v) is 4.10. The summed E-state index contributed by atoms with van der Waals surface area (Å²) in [4.78, 5) is 4.69. The Labute approximate surface area is 149 Å². The van der Waals surface area contributed by atoms with E-state index < -0.39 is 0 Å². The Morgan fingerprint density at radius 3 is 2.68 bits per heavy atom. The molecule has 0 atom stereocenters. The van der Waals surface area contributed by atoms with Crippen molar-refractivity contribution in [3.63, 3.8) is 0 Å². The number of aromatic nitrogens is 3. The van der Waals surface area contributed by atoms with Crippen LogP contribution in [0.5, 0.6) is 5.75 Å². The molecule has 0 unspecified atom stereocenters. The average molecular weight is 351 g/mol. The molecule has 0 spiro atoms. The van der Waals surface area contributed by atoms with Gasteiger partial charge in [-0.05, 0) is 42.0 Å². The van der Waals surface area contributed by atoms with Gasteiger partial charge in [-0.3, -0.25) is 0 Å². The van der Waals surface area contributed by atoms with Gasteiger partial charge in [-0.25, -0.2) is 9.50 Å². The molecule has 0 aliphatic rings. The molecule has 25 heavy (non-hydrogen) atoms. The zero-order chi connectivity index (χ0) is 17.2. The quantitative estimate of drug-likeness (QED) is 0.574. The number of hydrogen-bond donors (Lipinski definition) is 1. The molecule has 2 aromatic heterocycles. The van der Waals surface area contributed by atoms with E-state index in [4.69, 9.17) is 21.3 Å². The van der Waals surface area contributed by atoms with Crippen LogP contribution in [-0.2, 0) is 0 Å². The van der Waals surface area contributed by atoms with Crippen LogP contribution in [0.1, 0.15) is 0 Å². The van der Waals surface area contributed by atoms with Gasteiger partial charge in [0.15, 0.2) is 5.65 Å². The number of nitrogens with one attached hydrogen (secondary N) is 1. The number of fused-ring (bicyclic) bond motifs is 1. The monoisotopic (exact) mass is 350 g/mol. The van der Waals surface area contributed by atoms with Crippen molar-refractivity contribution in [3.05, 3.63) is 72.0 Å². The largest absolute Gasteiger partial charge is 0.497 e. The molecule has 4 aromatic rings. The van der Waals surface area contributed by atoms with E-state index in [0.717, 1.165) is 34.0 Å². The lowest BCUT2D eigenvalue weighted by atomic mass is 10.1. The number of ether oxygens (including phenoxy) is 1. The maximum absolute atomic E-state index is 6.03. The summed E-state index contributed by atoms with van der Waals surface area (Å²) in [7, 11) is 1.65. The highest BCUT2D eigenvalue weighted by Gasteiger charge is 2.09. The zero-order valence-corrected chi connectivity index (χ0v) is 14.2. The Morgan fingerprint density at radius 1 is 1.08 bits per heavy atom. The van der Waals surface area contributed by atoms with E-state index in [0.29, 0.717) is 5.02 Å². The second kappa shape index (κ2) is 6.45. The zero-order valence-electron chi connectivity index (χ0n) is 13.5. The lowest BCUT2D eigenvalue weighted by Gasteiger charge is -2.07. The molecule has 0 fully saturated rings. The molecule has 0 amide bonds. The fourth-order valence-electron chi connectivity index (χ4n) is 2.63. The Morgan fingerprint density at radius 2 is 1.92 bits per heavy atom. The number of hydrogen-bond acceptors (Lipinski definition) is 4. The van der Waals surface area contributed by atoms with Crippen molar-refractivity contribution in [3.8, 4) is 16.9 Å². The molecular formula is C19H15ClN4O. The Balaban J connectivity index is 1.71. The smallest absolute Gasteiger partial charge is 0.165 e. The molecule has 0 bridgehead atoms. The van der Waals surface area contributed by atoms with Crippen molar-refractivity contribution in [1.82, 2.24) is 14.6 Å². The second-order valence-corrected chi connectivity index (χ2v) is 5.94. The molecule has 0 radical (unpaired) electrons. The summed E-state index contributed by atoms with van der Waals surface area (Å²) in [6, 6.07) is 17.2. The van der Waals surface area contributed by atoms with Crippen LogP contribution in [0.3, 0.4) is 0 Å². The van der Waals surface area contributed by atoms with E-state index in [9.17, 15) is 0 Å². The molecule has 0 saturated carbocycles. The van der Waals surface area contributed by atoms with Gasteiger partial charge in [0.1, 0.15) is 11.6 Å². The SMILES string of the molecule is COc1ccc(-c2cnn3ccc(Nc4cccc(Cl)c4)nc23)cc1. The second-order valence-electron chi connectivity index (χ2n) is 5.50. The third-order valence-electron chi connectivity index (χ3n) is 3.87. The van der Waals surface area contributed by atoms with E-state index in [1.807, 2.05) is 67.0 Å². The highest BCUT2D eigenvalue weighted by molar-refractivity contribution is 6.30. The van der Waals surface area contributed by atoms with Crippen molar-refractivity contribution in [1.29, 1.82) is 0 Å². The number of anilines is 2. The molecule has 0 saturated heterocycles. The maximum atomic E-state index is 6.03. The minimum absolute atomic E-state index is 0.675. The van der Waals surface area contributed by atoms with Crippen LogP contribution in [0.4, 0.5) is 11.5 Å². The average Bonchev–Trinajstić information content (AvgIpc) is 3.05. The standard InChI is InChI=1S/C19H15ClN4O/c1-25-16-7-5-13(6-8-16)17-12-21-24-10-9-18(23-19(17)24)22-15-4-2-3-14(20)11-15/h2-12H,1H3,(H,22,23). The lowest BCUT2D eigenvalue weighted by molar-refractivity contribution is 0.415. The molecular weight excluding hydrogens is 336 g/mol. The fraction of sp³-hybridized carbons (Fsp3) is 0.0526. The number of methoxy groups -OCH3 is 1. The third kappa shape index (κ3) is 3.14. The summed E-state index contributed by atoms with van der Waals surface area (Å²) in [6.45, 7) is 0. The molecule has 2 aromatic carbocycles. The summed E-state index contributed by atoms with van der Waals surface area (Å²) in [5, 5.41) is 8.32. The van der Waals surface area contributed by atoms with Gasteiger partial charge < -0.3 is 10.1 Å². The van der Waals surface area contributed by atoms with Crippen molar-refractivity contribution in [2.24, 2.45) is 0 Å². The van der Waals surface area contributed by atoms with Crippen molar-refractivity contribution < 1.29 is 4.74 Å². The van der Waals surface area contributed by atoms with Crippen LogP contribution < -0.4 is 10.1 Å². The molecule has 2 heterocycles. The number of nitrogens with zero attached hydrogens (tertiary/aromatic N) is 3. The van der Waals surface area contributed by atoms with Crippen LogP contribution >= 0.6 is 11.6 Å². The first-order valence-electron chi connectivity index (χ1n) is 7.74. The first-order chi connectivity index (χ1) is 12.2. The predicted molar refractivity (Wildman–Crippen MR) is 99.7 cm³/mol. The normalized spacial score (nSPS) is 10.8. The summed E-state index contributed by atoms with van der Waals surface area (Å²) in [6.07, 6.45) is 3.69. The van der Waals surface area contributed by atoms with Gasteiger partial charge in [-0.15, -0.1) is 0 Å². The van der Waals surface area contributed by atoms with Crippen LogP contribution in [0.25, 0.3) is 16.8 Å². The van der Waals surface area contributed by atoms with Gasteiger partial charge in [-0.2, -0.15) is 5.10 Å². The Hall–Kier alpha value is -3.05. The fourth-order valence-corrected chi connectivity index (χ4v) is 2.82. The van der Waals surface area contributed by atoms with Crippen molar-refractivity contribution >= 4 is 28.8 Å². The number of halogens is 1. The minimum Gasteiger partial charge on any atom is -0.497 e. The summed E-state index contributed by atoms with van der Waals surface area (Å²) >= 11 is 6.03. The molecule has 124 valence electrons. The van der Waals surface area contributed by atoms with Crippen LogP contribution in [0.2, 0.25) is 5.02 Å². The number of rotatable bonds is 4. The van der Waals surface area contributed by atoms with Crippen molar-refractivity contribution in [2.45, 2.75) is 0 Å². The highest BCUT2D eigenvalue weighted by Crippen LogP contribution is 2.27. The van der Waals surface area contributed by atoms with Gasteiger partial charge in [0.05, 0.1) is 13.3 Å². The highest BCUT2D eigenvalue weighted by atomic mass is 35.5. The van der Waals surface area contributed by atoms with Crippen molar-refractivity contribution in [2.75, 3.05) is 12.4 Å². The molecule has 4 rings (SSSR count). The van der Waals surface area contributed by atoms with Gasteiger partial charge in [0.25, 0.3) is 0 Å². The van der Waals surface area contributed by atoms with Crippen LogP contribution in [0.15, 0.2) is 67.0 Å². The predicted octanol–water partition coefficient (Wildman–Crippen LogP) is 4.80. The summed E-state index contributed by atoms with van der Waals surface area (Å²) in [5.74, 6) is 1.54. The van der Waals surface area contributed by atoms with E-state index in [-0.39, 0.29) is 0 Å². The lowest BCUT2D eigenvalue weighted by Crippen LogP contribution is -1.97. The van der Waals surface area contributed by atoms with Gasteiger partial charge >= 0.3 is 0 Å². The Bertz CT molecular complexity index is 1030. The topological polar surface area (TPSA) is 51.5 Å². The van der Waals surface area contributed by atoms with Crippen LogP contribution in [0, 0.1) is 0 Å². The molecule has 5 nitrogen and oxygen atoms in total. The molecule has 0 aliphatic heterocycles. The van der Waals surface area contributed by atoms with E-state index in [2.05, 4.69) is 10.4 Å².